The Hall–Kier alpha value is -2.81. The number of pyridine rings is 1. The Morgan fingerprint density at radius 3 is 2.75 bits per heavy atom. The van der Waals surface area contributed by atoms with Gasteiger partial charge in [-0.25, -0.2) is 9.67 Å². The number of hydrogen-bond donors (Lipinski definition) is 2. The first-order chi connectivity index (χ1) is 13.3. The number of phenolic OH excluding ortho intramolecular Hbond substituents is 1. The molecule has 9 heteroatoms. The summed E-state index contributed by atoms with van der Waals surface area (Å²) in [7, 11) is 2.09. The number of nitrogens with zero attached hydrogens (tertiary/aromatic N) is 4. The van der Waals surface area contributed by atoms with Crippen molar-refractivity contribution >= 4 is 16.9 Å². The van der Waals surface area contributed by atoms with Crippen molar-refractivity contribution in [3.8, 4) is 11.4 Å². The van der Waals surface area contributed by atoms with Crippen molar-refractivity contribution in [3.63, 3.8) is 0 Å². The monoisotopic (exact) mass is 391 g/mol. The number of aromatic hydroxyl groups is 1. The molecule has 1 aromatic carbocycles. The van der Waals surface area contributed by atoms with E-state index in [1.54, 1.807) is 6.20 Å². The maximum atomic E-state index is 12.8. The summed E-state index contributed by atoms with van der Waals surface area (Å²) in [6, 6.07) is 6.83. The highest BCUT2D eigenvalue weighted by molar-refractivity contribution is 5.77. The van der Waals surface area contributed by atoms with Gasteiger partial charge in [0, 0.05) is 24.2 Å². The number of rotatable bonds is 3. The third-order valence-electron chi connectivity index (χ3n) is 4.90. The van der Waals surface area contributed by atoms with Gasteiger partial charge in [0.25, 0.3) is 0 Å². The molecule has 1 saturated heterocycles. The molecule has 1 fully saturated rings. The molecule has 3 heterocycles. The minimum atomic E-state index is -4.51. The number of likely N-dealkylation sites (N-methyl/N-ethyl adjacent to an activating group) is 1. The van der Waals surface area contributed by atoms with Gasteiger partial charge in [-0.15, -0.1) is 5.10 Å². The van der Waals surface area contributed by atoms with Gasteiger partial charge in [-0.05, 0) is 56.8 Å². The molecule has 148 valence electrons. The Bertz CT molecular complexity index is 1000. The van der Waals surface area contributed by atoms with Crippen molar-refractivity contribution in [2.24, 2.45) is 0 Å². The van der Waals surface area contributed by atoms with Crippen molar-refractivity contribution in [2.45, 2.75) is 25.1 Å². The molecule has 28 heavy (non-hydrogen) atoms. The number of likely N-dealkylation sites (tertiary alicyclic amines) is 1. The van der Waals surface area contributed by atoms with Gasteiger partial charge in [0.15, 0.2) is 5.65 Å². The van der Waals surface area contributed by atoms with E-state index in [9.17, 15) is 18.3 Å². The highest BCUT2D eigenvalue weighted by Gasteiger charge is 2.31. The van der Waals surface area contributed by atoms with Crippen LogP contribution >= 0.6 is 0 Å². The van der Waals surface area contributed by atoms with E-state index in [1.807, 2.05) is 12.1 Å². The molecule has 0 bridgehead atoms. The fourth-order valence-electron chi connectivity index (χ4n) is 3.49. The van der Waals surface area contributed by atoms with Crippen LogP contribution in [0.25, 0.3) is 16.7 Å². The van der Waals surface area contributed by atoms with Crippen LogP contribution in [0.4, 0.5) is 19.0 Å². The minimum Gasteiger partial charge on any atom is -0.506 e. The van der Waals surface area contributed by atoms with E-state index in [-0.39, 0.29) is 5.69 Å². The number of piperidine rings is 1. The smallest absolute Gasteiger partial charge is 0.416 e. The first-order valence-electron chi connectivity index (χ1n) is 9.02. The van der Waals surface area contributed by atoms with Gasteiger partial charge in [-0.1, -0.05) is 0 Å². The standard InChI is InChI=1S/C19H20F3N5O/c1-26-8-2-3-14(11-26)23-17-7-4-12-10-27(25-18(12)24-17)15-6-5-13(9-16(15)28)19(20,21)22/h4-7,9-10,14,28H,2-3,8,11H2,1H3,(H,23,24,25). The van der Waals surface area contributed by atoms with E-state index in [2.05, 4.69) is 27.3 Å². The number of fused-ring (bicyclic) bond motifs is 1. The molecule has 1 unspecified atom stereocenters. The highest BCUT2D eigenvalue weighted by atomic mass is 19.4. The van der Waals surface area contributed by atoms with Crippen LogP contribution in [-0.4, -0.2) is 50.9 Å². The molecule has 4 rings (SSSR count). The first kappa shape index (κ1) is 18.5. The first-order valence-corrected chi connectivity index (χ1v) is 9.02. The van der Waals surface area contributed by atoms with Crippen molar-refractivity contribution in [3.05, 3.63) is 42.1 Å². The van der Waals surface area contributed by atoms with Crippen LogP contribution in [0.15, 0.2) is 36.5 Å². The number of aromatic nitrogens is 3. The molecule has 1 aliphatic rings. The van der Waals surface area contributed by atoms with E-state index in [4.69, 9.17) is 0 Å². The van der Waals surface area contributed by atoms with E-state index >= 15 is 0 Å². The van der Waals surface area contributed by atoms with Crippen molar-refractivity contribution in [1.82, 2.24) is 19.7 Å². The van der Waals surface area contributed by atoms with Crippen LogP contribution < -0.4 is 5.32 Å². The van der Waals surface area contributed by atoms with E-state index in [1.165, 1.54) is 10.7 Å². The van der Waals surface area contributed by atoms with Crippen LogP contribution in [0, 0.1) is 0 Å². The Kier molecular flexibility index (Phi) is 4.62. The number of hydrogen-bond acceptors (Lipinski definition) is 5. The van der Waals surface area contributed by atoms with Gasteiger partial charge in [0.05, 0.1) is 5.56 Å². The highest BCUT2D eigenvalue weighted by Crippen LogP contribution is 2.34. The Morgan fingerprint density at radius 1 is 1.21 bits per heavy atom. The second-order valence-electron chi connectivity index (χ2n) is 7.13. The van der Waals surface area contributed by atoms with Crippen LogP contribution in [0.5, 0.6) is 5.75 Å². The molecular weight excluding hydrogens is 371 g/mol. The number of benzene rings is 1. The second kappa shape index (κ2) is 6.97. The number of nitrogens with one attached hydrogen (secondary N) is 1. The molecule has 3 aromatic rings. The van der Waals surface area contributed by atoms with Crippen LogP contribution in [0.3, 0.4) is 0 Å². The molecule has 2 aromatic heterocycles. The predicted octanol–water partition coefficient (Wildman–Crippen LogP) is 3.65. The summed E-state index contributed by atoms with van der Waals surface area (Å²) in [4.78, 5) is 6.77. The average molecular weight is 391 g/mol. The summed E-state index contributed by atoms with van der Waals surface area (Å²) >= 11 is 0. The van der Waals surface area contributed by atoms with Gasteiger partial charge in [-0.3, -0.25) is 0 Å². The lowest BCUT2D eigenvalue weighted by molar-refractivity contribution is -0.137. The number of alkyl halides is 3. The molecule has 0 amide bonds. The fourth-order valence-corrected chi connectivity index (χ4v) is 3.49. The summed E-state index contributed by atoms with van der Waals surface area (Å²) in [5, 5.41) is 18.5. The van der Waals surface area contributed by atoms with Crippen LogP contribution in [0.2, 0.25) is 0 Å². The third-order valence-corrected chi connectivity index (χ3v) is 4.90. The average Bonchev–Trinajstić information content (AvgIpc) is 3.04. The topological polar surface area (TPSA) is 66.2 Å². The number of anilines is 1. The third kappa shape index (κ3) is 3.75. The second-order valence-corrected chi connectivity index (χ2v) is 7.13. The SMILES string of the molecule is CN1CCCC(Nc2ccc3cn(-c4ccc(C(F)(F)F)cc4O)nc3n2)C1. The fraction of sp³-hybridized carbons (Fsp3) is 0.368. The molecule has 0 radical (unpaired) electrons. The summed E-state index contributed by atoms with van der Waals surface area (Å²) in [6.07, 6.45) is -0.695. The van der Waals surface area contributed by atoms with Gasteiger partial charge >= 0.3 is 6.18 Å². The molecule has 0 aliphatic carbocycles. The summed E-state index contributed by atoms with van der Waals surface area (Å²) in [5.74, 6) is 0.209. The van der Waals surface area contributed by atoms with E-state index < -0.39 is 17.5 Å². The van der Waals surface area contributed by atoms with Crippen molar-refractivity contribution in [2.75, 3.05) is 25.5 Å². The van der Waals surface area contributed by atoms with Crippen molar-refractivity contribution in [1.29, 1.82) is 0 Å². The van der Waals surface area contributed by atoms with Gasteiger partial charge in [-0.2, -0.15) is 13.2 Å². The minimum absolute atomic E-state index is 0.161. The molecular formula is C19H20F3N5O. The zero-order chi connectivity index (χ0) is 19.9. The van der Waals surface area contributed by atoms with E-state index in [0.717, 1.165) is 37.4 Å². The molecule has 6 nitrogen and oxygen atoms in total. The normalized spacial score (nSPS) is 18.5. The lowest BCUT2D eigenvalue weighted by Crippen LogP contribution is -2.39. The molecule has 1 aliphatic heterocycles. The van der Waals surface area contributed by atoms with Gasteiger partial charge in [0.2, 0.25) is 0 Å². The molecule has 2 N–H and O–H groups in total. The summed E-state index contributed by atoms with van der Waals surface area (Å²) < 4.78 is 39.7. The number of halogens is 3. The maximum absolute atomic E-state index is 12.8. The zero-order valence-corrected chi connectivity index (χ0v) is 15.2. The zero-order valence-electron chi connectivity index (χ0n) is 15.2. The lowest BCUT2D eigenvalue weighted by Gasteiger charge is -2.30. The predicted molar refractivity (Wildman–Crippen MR) is 99.7 cm³/mol. The Labute approximate surface area is 159 Å². The largest absolute Gasteiger partial charge is 0.506 e. The van der Waals surface area contributed by atoms with E-state index in [0.29, 0.717) is 23.6 Å². The summed E-state index contributed by atoms with van der Waals surface area (Å²) in [6.45, 7) is 2.03. The van der Waals surface area contributed by atoms with Gasteiger partial charge < -0.3 is 15.3 Å². The van der Waals surface area contributed by atoms with Gasteiger partial charge in [0.1, 0.15) is 17.3 Å². The molecule has 0 spiro atoms. The van der Waals surface area contributed by atoms with Crippen molar-refractivity contribution < 1.29 is 18.3 Å². The Morgan fingerprint density at radius 2 is 2.04 bits per heavy atom. The van der Waals surface area contributed by atoms with Crippen LogP contribution in [0.1, 0.15) is 18.4 Å². The Balaban J connectivity index is 1.60. The lowest BCUT2D eigenvalue weighted by atomic mass is 10.1. The maximum Gasteiger partial charge on any atom is 0.416 e. The molecule has 1 atom stereocenters. The molecule has 0 saturated carbocycles. The quantitative estimate of drug-likeness (QED) is 0.714. The summed E-state index contributed by atoms with van der Waals surface area (Å²) in [5.41, 5.74) is -0.296. The number of phenols is 1. The van der Waals surface area contributed by atoms with Crippen LogP contribution in [-0.2, 0) is 6.18 Å².